The Bertz CT molecular complexity index is 947. The van der Waals surface area contributed by atoms with Crippen LogP contribution in [-0.2, 0) is 11.8 Å². The van der Waals surface area contributed by atoms with Crippen molar-refractivity contribution in [2.45, 2.75) is 11.3 Å². The lowest BCUT2D eigenvalue weighted by atomic mass is 10.3. The molecule has 1 amide bonds. The summed E-state index contributed by atoms with van der Waals surface area (Å²) in [6, 6.07) is 12.3. The predicted octanol–water partition coefficient (Wildman–Crippen LogP) is 4.75. The molecule has 0 radical (unpaired) electrons. The van der Waals surface area contributed by atoms with Gasteiger partial charge >= 0.3 is 0 Å². The highest BCUT2D eigenvalue weighted by molar-refractivity contribution is 9.10. The predicted molar refractivity (Wildman–Crippen MR) is 101 cm³/mol. The Kier molecular flexibility index (Phi) is 5.53. The number of aryl methyl sites for hydroxylation is 1. The minimum atomic E-state index is -0.255. The number of aromatic nitrogens is 1. The number of thioether (sulfide) groups is 1. The summed E-state index contributed by atoms with van der Waals surface area (Å²) >= 11 is 6.47. The summed E-state index contributed by atoms with van der Waals surface area (Å²) < 4.78 is 16.9. The van der Waals surface area contributed by atoms with Crippen LogP contribution >= 0.6 is 39.0 Å². The van der Waals surface area contributed by atoms with Gasteiger partial charge in [-0.05, 0) is 42.5 Å². The van der Waals surface area contributed by atoms with E-state index < -0.39 is 0 Å². The van der Waals surface area contributed by atoms with Crippen LogP contribution in [0.15, 0.2) is 56.8 Å². The van der Waals surface area contributed by atoms with E-state index in [0.29, 0.717) is 17.0 Å². The summed E-state index contributed by atoms with van der Waals surface area (Å²) in [4.78, 5) is 18.0. The van der Waals surface area contributed by atoms with Gasteiger partial charge in [-0.3, -0.25) is 4.79 Å². The molecule has 0 fully saturated rings. The maximum absolute atomic E-state index is 12.8. The Morgan fingerprint density at radius 2 is 2.04 bits per heavy atom. The summed E-state index contributed by atoms with van der Waals surface area (Å²) in [5.74, 6) is 0.217. The second-order valence-corrected chi connectivity index (χ2v) is 8.21. The van der Waals surface area contributed by atoms with E-state index in [1.165, 1.54) is 35.2 Å². The summed E-state index contributed by atoms with van der Waals surface area (Å²) in [5, 5.41) is 0. The van der Waals surface area contributed by atoms with Crippen molar-refractivity contribution < 1.29 is 9.18 Å². The van der Waals surface area contributed by atoms with Crippen molar-refractivity contribution in [2.24, 2.45) is 12.0 Å². The van der Waals surface area contributed by atoms with Crippen LogP contribution in [0.4, 0.5) is 4.39 Å². The molecule has 0 aliphatic carbocycles. The lowest BCUT2D eigenvalue weighted by Gasteiger charge is -1.99. The fraction of sp³-hybridized carbons (Fsp3) is 0.176. The fourth-order valence-electron chi connectivity index (χ4n) is 2.16. The summed E-state index contributed by atoms with van der Waals surface area (Å²) in [6.45, 7) is 0. The molecular formula is C17H14BrFN2OS2. The Morgan fingerprint density at radius 3 is 2.79 bits per heavy atom. The third-order valence-electron chi connectivity index (χ3n) is 3.39. The molecule has 0 saturated heterocycles. The number of hydrogen-bond acceptors (Lipinski definition) is 3. The molecule has 3 rings (SSSR count). The number of halogens is 2. The number of benzene rings is 2. The van der Waals surface area contributed by atoms with Crippen LogP contribution in [0.3, 0.4) is 0 Å². The van der Waals surface area contributed by atoms with Crippen LogP contribution in [0.1, 0.15) is 6.42 Å². The molecule has 1 heterocycles. The van der Waals surface area contributed by atoms with Crippen molar-refractivity contribution in [1.29, 1.82) is 0 Å². The van der Waals surface area contributed by atoms with E-state index >= 15 is 0 Å². The zero-order valence-corrected chi connectivity index (χ0v) is 16.0. The number of thiazole rings is 1. The first kappa shape index (κ1) is 17.4. The normalized spacial score (nSPS) is 12.0. The van der Waals surface area contributed by atoms with Crippen molar-refractivity contribution in [2.75, 3.05) is 5.75 Å². The van der Waals surface area contributed by atoms with Gasteiger partial charge in [0.15, 0.2) is 4.80 Å². The number of carbonyl (C=O) groups is 1. The van der Waals surface area contributed by atoms with Gasteiger partial charge < -0.3 is 4.57 Å². The molecule has 0 N–H and O–H groups in total. The number of amides is 1. The molecular weight excluding hydrogens is 411 g/mol. The first-order chi connectivity index (χ1) is 11.5. The van der Waals surface area contributed by atoms with Crippen LogP contribution < -0.4 is 4.80 Å². The molecule has 0 spiro atoms. The smallest absolute Gasteiger partial charge is 0.249 e. The third kappa shape index (κ3) is 4.15. The summed E-state index contributed by atoms with van der Waals surface area (Å²) in [7, 11) is 1.91. The van der Waals surface area contributed by atoms with Gasteiger partial charge in [-0.2, -0.15) is 4.99 Å². The van der Waals surface area contributed by atoms with Gasteiger partial charge in [-0.25, -0.2) is 4.39 Å². The minimum Gasteiger partial charge on any atom is -0.319 e. The monoisotopic (exact) mass is 424 g/mol. The molecule has 0 aliphatic heterocycles. The van der Waals surface area contributed by atoms with Crippen molar-refractivity contribution >= 4 is 55.2 Å². The Morgan fingerprint density at radius 1 is 1.29 bits per heavy atom. The van der Waals surface area contributed by atoms with Gasteiger partial charge in [-0.1, -0.05) is 27.3 Å². The first-order valence-corrected chi connectivity index (χ1v) is 9.83. The van der Waals surface area contributed by atoms with Gasteiger partial charge in [0.25, 0.3) is 0 Å². The standard InChI is InChI=1S/C17H14BrFN2OS2/c1-21-14-7-2-11(18)10-15(14)24-17(21)20-16(22)8-9-23-13-5-3-12(19)4-6-13/h2-7,10H,8-9H2,1H3. The van der Waals surface area contributed by atoms with Crippen LogP contribution in [-0.4, -0.2) is 16.2 Å². The zero-order chi connectivity index (χ0) is 17.1. The van der Waals surface area contributed by atoms with E-state index in [0.717, 1.165) is 19.6 Å². The topological polar surface area (TPSA) is 34.4 Å². The molecule has 0 atom stereocenters. The maximum Gasteiger partial charge on any atom is 0.249 e. The number of hydrogen-bond donors (Lipinski definition) is 0. The van der Waals surface area contributed by atoms with Crippen LogP contribution in [0.5, 0.6) is 0 Å². The third-order valence-corrected chi connectivity index (χ3v) is 5.99. The zero-order valence-electron chi connectivity index (χ0n) is 12.8. The molecule has 24 heavy (non-hydrogen) atoms. The summed E-state index contributed by atoms with van der Waals surface area (Å²) in [5.41, 5.74) is 1.05. The van der Waals surface area contributed by atoms with Crippen LogP contribution in [0.2, 0.25) is 0 Å². The van der Waals surface area contributed by atoms with Crippen molar-refractivity contribution in [1.82, 2.24) is 4.57 Å². The fourth-order valence-corrected chi connectivity index (χ4v) is 4.59. The van der Waals surface area contributed by atoms with E-state index in [2.05, 4.69) is 20.9 Å². The molecule has 3 nitrogen and oxygen atoms in total. The van der Waals surface area contributed by atoms with Crippen LogP contribution in [0, 0.1) is 5.82 Å². The quantitative estimate of drug-likeness (QED) is 0.566. The Labute approximate surface area is 155 Å². The average Bonchev–Trinajstić information content (AvgIpc) is 2.84. The molecule has 0 saturated carbocycles. The van der Waals surface area contributed by atoms with Crippen molar-refractivity contribution in [3.63, 3.8) is 0 Å². The van der Waals surface area contributed by atoms with E-state index in [1.807, 2.05) is 29.8 Å². The van der Waals surface area contributed by atoms with E-state index in [9.17, 15) is 9.18 Å². The molecule has 0 aliphatic rings. The molecule has 124 valence electrons. The molecule has 0 unspecified atom stereocenters. The number of nitrogens with zero attached hydrogens (tertiary/aromatic N) is 2. The Balaban J connectivity index is 1.68. The van der Waals surface area contributed by atoms with Gasteiger partial charge in [0, 0.05) is 28.6 Å². The molecule has 7 heteroatoms. The lowest BCUT2D eigenvalue weighted by molar-refractivity contribution is -0.117. The van der Waals surface area contributed by atoms with E-state index in [1.54, 1.807) is 12.1 Å². The highest BCUT2D eigenvalue weighted by atomic mass is 79.9. The van der Waals surface area contributed by atoms with Gasteiger partial charge in [0.1, 0.15) is 5.82 Å². The number of rotatable bonds is 4. The van der Waals surface area contributed by atoms with Gasteiger partial charge in [0.05, 0.1) is 10.2 Å². The molecule has 3 aromatic rings. The molecule has 0 bridgehead atoms. The van der Waals surface area contributed by atoms with Crippen LogP contribution in [0.25, 0.3) is 10.2 Å². The van der Waals surface area contributed by atoms with Gasteiger partial charge in [0.2, 0.25) is 5.91 Å². The molecule has 2 aromatic carbocycles. The highest BCUT2D eigenvalue weighted by Crippen LogP contribution is 2.22. The summed E-state index contributed by atoms with van der Waals surface area (Å²) in [6.07, 6.45) is 0.347. The minimum absolute atomic E-state index is 0.147. The largest absolute Gasteiger partial charge is 0.319 e. The number of fused-ring (bicyclic) bond motifs is 1. The van der Waals surface area contributed by atoms with E-state index in [4.69, 9.17) is 0 Å². The lowest BCUT2D eigenvalue weighted by Crippen LogP contribution is -2.13. The van der Waals surface area contributed by atoms with E-state index in [-0.39, 0.29) is 11.7 Å². The second kappa shape index (κ2) is 7.63. The second-order valence-electron chi connectivity index (χ2n) is 5.11. The highest BCUT2D eigenvalue weighted by Gasteiger charge is 2.06. The maximum atomic E-state index is 12.8. The SMILES string of the molecule is Cn1c(=NC(=O)CCSc2ccc(F)cc2)sc2cc(Br)ccc21. The first-order valence-electron chi connectivity index (χ1n) is 7.24. The van der Waals surface area contributed by atoms with Gasteiger partial charge in [-0.15, -0.1) is 11.8 Å². The Hall–Kier alpha value is -1.44. The van der Waals surface area contributed by atoms with Crippen molar-refractivity contribution in [3.8, 4) is 0 Å². The number of carbonyl (C=O) groups excluding carboxylic acids is 1. The van der Waals surface area contributed by atoms with Crippen molar-refractivity contribution in [3.05, 3.63) is 57.6 Å². The average molecular weight is 425 g/mol. The molecule has 1 aromatic heterocycles.